The largest absolute Gasteiger partial charge is 0.465 e. The van der Waals surface area contributed by atoms with E-state index in [0.29, 0.717) is 10.8 Å². The number of methoxy groups -OCH3 is 1. The smallest absolute Gasteiger partial charge is 0.350 e. The van der Waals surface area contributed by atoms with E-state index in [0.717, 1.165) is 68.5 Å². The van der Waals surface area contributed by atoms with Crippen LogP contribution in [-0.2, 0) is 19.7 Å². The Morgan fingerprint density at radius 1 is 1.16 bits per heavy atom. The zero-order valence-electron chi connectivity index (χ0n) is 20.7. The summed E-state index contributed by atoms with van der Waals surface area (Å²) in [6.45, 7) is 11.6. The molecule has 2 fully saturated rings. The van der Waals surface area contributed by atoms with Gasteiger partial charge in [0.25, 0.3) is 0 Å². The molecule has 1 amide bonds. The second-order valence-corrected chi connectivity index (χ2v) is 11.8. The van der Waals surface area contributed by atoms with Gasteiger partial charge in [-0.15, -0.1) is 11.3 Å². The number of amides is 1. The summed E-state index contributed by atoms with van der Waals surface area (Å²) in [5.74, 6) is 0.546. The molecule has 0 aliphatic heterocycles. The molecule has 1 aromatic heterocycles. The van der Waals surface area contributed by atoms with Gasteiger partial charge in [-0.05, 0) is 62.3 Å². The molecule has 2 aliphatic carbocycles. The predicted octanol–water partition coefficient (Wildman–Crippen LogP) is 6.34. The number of esters is 1. The topological polar surface area (TPSA) is 55.8 Å². The average Bonchev–Trinajstić information content (AvgIpc) is 3.17. The molecule has 32 heavy (non-hydrogen) atoms. The van der Waals surface area contributed by atoms with Crippen LogP contribution in [-0.4, -0.2) is 37.7 Å². The molecular weight excluding hydrogens is 422 g/mol. The molecule has 0 saturated heterocycles. The van der Waals surface area contributed by atoms with Crippen LogP contribution in [0.5, 0.6) is 0 Å². The molecule has 0 unspecified atom stereocenters. The van der Waals surface area contributed by atoms with Gasteiger partial charge in [0.05, 0.1) is 18.9 Å². The molecule has 5 nitrogen and oxygen atoms in total. The number of hydrogen-bond acceptors (Lipinski definition) is 5. The number of ether oxygens (including phenoxy) is 2. The third kappa shape index (κ3) is 5.74. The number of rotatable bonds is 8. The van der Waals surface area contributed by atoms with Crippen LogP contribution in [0, 0.1) is 11.8 Å². The Morgan fingerprint density at radius 3 is 2.38 bits per heavy atom. The number of anilines is 1. The quantitative estimate of drug-likeness (QED) is 0.333. The van der Waals surface area contributed by atoms with Crippen LogP contribution in [0.3, 0.4) is 0 Å². The van der Waals surface area contributed by atoms with E-state index >= 15 is 0 Å². The molecule has 1 aromatic rings. The highest BCUT2D eigenvalue weighted by molar-refractivity contribution is 7.14. The van der Waals surface area contributed by atoms with Crippen molar-refractivity contribution < 1.29 is 19.1 Å². The lowest BCUT2D eigenvalue weighted by Crippen LogP contribution is -2.53. The van der Waals surface area contributed by atoms with E-state index in [1.807, 2.05) is 4.90 Å². The standard InChI is InChI=1S/C26H41NO4S/c1-7-8-13-31-20-14-19(15-20)27(24(28)18-11-9-17(2)10-12-18)21-16-22(26(3,4)5)32-23(21)25(29)30-6/h16-20H,7-15H2,1-6H3/t17-,18-,19-,20+. The van der Waals surface area contributed by atoms with Gasteiger partial charge >= 0.3 is 5.97 Å². The number of nitrogens with zero attached hydrogens (tertiary/aromatic N) is 1. The predicted molar refractivity (Wildman–Crippen MR) is 131 cm³/mol. The van der Waals surface area contributed by atoms with Crippen molar-refractivity contribution in [1.29, 1.82) is 0 Å². The Balaban J connectivity index is 1.90. The summed E-state index contributed by atoms with van der Waals surface area (Å²) < 4.78 is 11.1. The number of hydrogen-bond donors (Lipinski definition) is 0. The maximum absolute atomic E-state index is 13.9. The van der Waals surface area contributed by atoms with Crippen molar-refractivity contribution in [2.24, 2.45) is 11.8 Å². The average molecular weight is 464 g/mol. The summed E-state index contributed by atoms with van der Waals surface area (Å²) in [4.78, 5) is 30.2. The van der Waals surface area contributed by atoms with Crippen LogP contribution in [0.15, 0.2) is 6.07 Å². The molecule has 3 rings (SSSR count). The lowest BCUT2D eigenvalue weighted by molar-refractivity contribution is -0.125. The summed E-state index contributed by atoms with van der Waals surface area (Å²) in [5.41, 5.74) is 0.638. The minimum atomic E-state index is -0.356. The highest BCUT2D eigenvalue weighted by Crippen LogP contribution is 2.43. The molecule has 2 aliphatic rings. The van der Waals surface area contributed by atoms with Gasteiger partial charge < -0.3 is 14.4 Å². The first-order valence-electron chi connectivity index (χ1n) is 12.3. The van der Waals surface area contributed by atoms with E-state index in [2.05, 4.69) is 40.7 Å². The Labute approximate surface area is 197 Å². The molecule has 0 radical (unpaired) electrons. The van der Waals surface area contributed by atoms with Crippen molar-refractivity contribution in [1.82, 2.24) is 0 Å². The first-order valence-corrected chi connectivity index (χ1v) is 13.1. The van der Waals surface area contributed by atoms with Crippen LogP contribution in [0.1, 0.15) is 101 Å². The lowest BCUT2D eigenvalue weighted by Gasteiger charge is -2.44. The fourth-order valence-corrected chi connectivity index (χ4v) is 5.77. The van der Waals surface area contributed by atoms with Gasteiger partial charge in [-0.2, -0.15) is 0 Å². The molecular formula is C26H41NO4S. The SMILES string of the molecule is CCCCO[C@H]1C[C@@H](N(c2cc(C(C)(C)C)sc2C(=O)OC)C(=O)[C@H]2CC[C@H](C)CC2)C1. The summed E-state index contributed by atoms with van der Waals surface area (Å²) in [6, 6.07) is 2.14. The maximum Gasteiger partial charge on any atom is 0.350 e. The van der Waals surface area contributed by atoms with Crippen LogP contribution >= 0.6 is 11.3 Å². The van der Waals surface area contributed by atoms with Gasteiger partial charge in [0.1, 0.15) is 4.88 Å². The summed E-state index contributed by atoms with van der Waals surface area (Å²) >= 11 is 1.46. The van der Waals surface area contributed by atoms with Crippen molar-refractivity contribution in [2.75, 3.05) is 18.6 Å². The van der Waals surface area contributed by atoms with Gasteiger partial charge in [0.2, 0.25) is 5.91 Å². The Hall–Kier alpha value is -1.40. The summed E-state index contributed by atoms with van der Waals surface area (Å²) in [6.07, 6.45) is 8.11. The van der Waals surface area contributed by atoms with E-state index in [4.69, 9.17) is 9.47 Å². The molecule has 0 aromatic carbocycles. The van der Waals surface area contributed by atoms with E-state index < -0.39 is 0 Å². The molecule has 180 valence electrons. The molecule has 0 bridgehead atoms. The monoisotopic (exact) mass is 463 g/mol. The van der Waals surface area contributed by atoms with Crippen molar-refractivity contribution in [2.45, 2.75) is 104 Å². The Morgan fingerprint density at radius 2 is 1.81 bits per heavy atom. The highest BCUT2D eigenvalue weighted by atomic mass is 32.1. The van der Waals surface area contributed by atoms with E-state index in [9.17, 15) is 9.59 Å². The lowest BCUT2D eigenvalue weighted by atomic mass is 9.80. The number of thiophene rings is 1. The summed E-state index contributed by atoms with van der Waals surface area (Å²) in [7, 11) is 1.41. The number of carbonyl (C=O) groups is 2. The minimum Gasteiger partial charge on any atom is -0.465 e. The van der Waals surface area contributed by atoms with Gasteiger partial charge in [0, 0.05) is 23.4 Å². The van der Waals surface area contributed by atoms with Gasteiger partial charge in [-0.1, -0.05) is 41.0 Å². The zero-order chi connectivity index (χ0) is 23.5. The van der Waals surface area contributed by atoms with Crippen LogP contribution < -0.4 is 4.90 Å². The van der Waals surface area contributed by atoms with Crippen LogP contribution in [0.4, 0.5) is 5.69 Å². The first-order chi connectivity index (χ1) is 15.2. The molecule has 0 spiro atoms. The zero-order valence-corrected chi connectivity index (χ0v) is 21.6. The number of carbonyl (C=O) groups excluding carboxylic acids is 2. The molecule has 1 heterocycles. The molecule has 0 N–H and O–H groups in total. The van der Waals surface area contributed by atoms with Crippen molar-refractivity contribution >= 4 is 28.9 Å². The van der Waals surface area contributed by atoms with Gasteiger partial charge in [-0.3, -0.25) is 4.79 Å². The van der Waals surface area contributed by atoms with Crippen molar-refractivity contribution in [3.63, 3.8) is 0 Å². The minimum absolute atomic E-state index is 0.0368. The van der Waals surface area contributed by atoms with Crippen molar-refractivity contribution in [3.8, 4) is 0 Å². The van der Waals surface area contributed by atoms with E-state index in [1.54, 1.807) is 0 Å². The third-order valence-corrected chi connectivity index (χ3v) is 8.50. The maximum atomic E-state index is 13.9. The second kappa shape index (κ2) is 10.7. The van der Waals surface area contributed by atoms with Gasteiger partial charge in [-0.25, -0.2) is 4.79 Å². The molecule has 2 saturated carbocycles. The van der Waals surface area contributed by atoms with Crippen LogP contribution in [0.2, 0.25) is 0 Å². The molecule has 6 heteroatoms. The number of unbranched alkanes of at least 4 members (excludes halogenated alkanes) is 1. The highest BCUT2D eigenvalue weighted by Gasteiger charge is 2.42. The van der Waals surface area contributed by atoms with Gasteiger partial charge in [0.15, 0.2) is 0 Å². The fraction of sp³-hybridized carbons (Fsp3) is 0.769. The third-order valence-electron chi connectivity index (χ3n) is 6.97. The fourth-order valence-electron chi connectivity index (χ4n) is 4.65. The van der Waals surface area contributed by atoms with E-state index in [1.165, 1.54) is 18.4 Å². The van der Waals surface area contributed by atoms with Crippen molar-refractivity contribution in [3.05, 3.63) is 15.8 Å². The Kier molecular flexibility index (Phi) is 8.42. The summed E-state index contributed by atoms with van der Waals surface area (Å²) in [5, 5.41) is 0. The second-order valence-electron chi connectivity index (χ2n) is 10.7. The van der Waals surface area contributed by atoms with E-state index in [-0.39, 0.29) is 35.4 Å². The first kappa shape index (κ1) is 25.2. The normalized spacial score (nSPS) is 25.8. The Bertz CT molecular complexity index is 782. The van der Waals surface area contributed by atoms with Crippen LogP contribution in [0.25, 0.3) is 0 Å². The molecule has 0 atom stereocenters.